The average molecular weight is 1670 g/mol. The molecule has 126 heavy (non-hydrogen) atoms. The molecule has 0 aliphatic heterocycles. The third kappa shape index (κ3) is 12.4. The molecule has 4 aliphatic carbocycles. The molecule has 0 saturated carbocycles. The molecule has 0 bridgehead atoms. The zero-order chi connectivity index (χ0) is 86.2. The molecule has 0 amide bonds. The van der Waals surface area contributed by atoms with Gasteiger partial charge in [0.15, 0.2) is 0 Å². The molecule has 8 nitrogen and oxygen atoms in total. The van der Waals surface area contributed by atoms with Crippen LogP contribution in [-0.4, -0.2) is 16.1 Å². The highest BCUT2D eigenvalue weighted by Gasteiger charge is 2.53. The average Bonchev–Trinajstić information content (AvgIpc) is 1.52. The van der Waals surface area contributed by atoms with E-state index in [4.69, 9.17) is 17.7 Å². The molecule has 4 aliphatic rings. The third-order valence-corrected chi connectivity index (χ3v) is 31.7. The van der Waals surface area contributed by atoms with E-state index in [0.717, 1.165) is 152 Å². The molecule has 4 heterocycles. The fraction of sp³-hybridized carbons (Fsp3) is 0.155. The summed E-state index contributed by atoms with van der Waals surface area (Å²) in [5.74, 6) is 3.99. The fourth-order valence-electron chi connectivity index (χ4n) is 21.0. The zero-order valence-electron chi connectivity index (χ0n) is 73.9. The normalized spacial score (nSPS) is 14.4. The molecule has 0 N–H and O–H groups in total. The number of anilines is 12. The molecule has 4 aromatic heterocycles. The van der Waals surface area contributed by atoms with Crippen LogP contribution < -0.4 is 30.0 Å². The minimum atomic E-state index is -1.46. The van der Waals surface area contributed by atoms with Crippen LogP contribution in [0.15, 0.2) is 370 Å². The lowest BCUT2D eigenvalue weighted by atomic mass is 9.74. The summed E-state index contributed by atoms with van der Waals surface area (Å²) in [5, 5.41) is 7.40. The summed E-state index contributed by atoms with van der Waals surface area (Å²) in [6.07, 6.45) is 0. The number of rotatable bonds is 15. The van der Waals surface area contributed by atoms with E-state index in [2.05, 4.69) is 442 Å². The minimum absolute atomic E-state index is 0.290. The topological polar surface area (TPSA) is 65.5 Å². The van der Waals surface area contributed by atoms with Crippen LogP contribution in [0.3, 0.4) is 0 Å². The first kappa shape index (κ1) is 78.1. The maximum Gasteiger partial charge on any atom is 0.139 e. The third-order valence-electron chi connectivity index (χ3n) is 27.5. The second-order valence-electron chi connectivity index (χ2n) is 38.8. The van der Waals surface area contributed by atoms with Gasteiger partial charge in [0.25, 0.3) is 0 Å². The van der Waals surface area contributed by atoms with Gasteiger partial charge >= 0.3 is 0 Å². The number of hydrogen-bond donors (Lipinski definition) is 0. The van der Waals surface area contributed by atoms with Crippen LogP contribution in [0.2, 0.25) is 39.3 Å². The molecule has 0 saturated heterocycles. The van der Waals surface area contributed by atoms with Crippen molar-refractivity contribution in [1.82, 2.24) is 0 Å². The fourth-order valence-corrected chi connectivity index (χ4v) is 23.4. The first-order valence-corrected chi connectivity index (χ1v) is 51.3. The van der Waals surface area contributed by atoms with Crippen LogP contribution in [0.25, 0.3) is 100 Å². The molecule has 10 heteroatoms. The molecule has 15 aromatic carbocycles. The van der Waals surface area contributed by atoms with Crippen molar-refractivity contribution in [2.24, 2.45) is 0 Å². The zero-order valence-corrected chi connectivity index (χ0v) is 75.9. The highest BCUT2D eigenvalue weighted by Crippen LogP contribution is 2.65. The Hall–Kier alpha value is -13.9. The van der Waals surface area contributed by atoms with E-state index in [1.807, 2.05) is 24.3 Å². The summed E-state index contributed by atoms with van der Waals surface area (Å²) in [6, 6.07) is 128. The van der Waals surface area contributed by atoms with Gasteiger partial charge in [-0.1, -0.05) is 269 Å². The van der Waals surface area contributed by atoms with Gasteiger partial charge in [-0.3, -0.25) is 0 Å². The Bertz CT molecular complexity index is 7550. The van der Waals surface area contributed by atoms with E-state index >= 15 is 0 Å². The van der Waals surface area contributed by atoms with Crippen LogP contribution in [0, 0.1) is 0 Å². The highest BCUT2D eigenvalue weighted by atomic mass is 28.3. The van der Waals surface area contributed by atoms with Crippen LogP contribution >= 0.6 is 0 Å². The Morgan fingerprint density at radius 3 is 0.825 bits per heavy atom. The summed E-state index contributed by atoms with van der Waals surface area (Å²) in [4.78, 5) is 9.52. The van der Waals surface area contributed by atoms with E-state index < -0.39 is 16.1 Å². The number of furan rings is 4. The van der Waals surface area contributed by atoms with Gasteiger partial charge in [0, 0.05) is 168 Å². The van der Waals surface area contributed by atoms with Crippen LogP contribution in [0.1, 0.15) is 99.9 Å². The lowest BCUT2D eigenvalue weighted by molar-refractivity contribution is 0.592. The van der Waals surface area contributed by atoms with Gasteiger partial charge in [0.2, 0.25) is 0 Å². The van der Waals surface area contributed by atoms with Gasteiger partial charge in [-0.05, 0) is 204 Å². The van der Waals surface area contributed by atoms with Crippen molar-refractivity contribution in [2.45, 2.75) is 116 Å². The van der Waals surface area contributed by atoms with Gasteiger partial charge in [0.05, 0.1) is 21.8 Å². The molecular weight excluding hydrogens is 1570 g/mol. The predicted molar refractivity (Wildman–Crippen MR) is 532 cm³/mol. The lowest BCUT2D eigenvalue weighted by Crippen LogP contribution is -2.37. The van der Waals surface area contributed by atoms with E-state index in [0.29, 0.717) is 0 Å². The van der Waals surface area contributed by atoms with Crippen LogP contribution in [0.4, 0.5) is 68.2 Å². The van der Waals surface area contributed by atoms with E-state index in [1.165, 1.54) is 71.6 Å². The minimum Gasteiger partial charge on any atom is -0.456 e. The molecule has 0 fully saturated rings. The largest absolute Gasteiger partial charge is 0.456 e. The smallest absolute Gasteiger partial charge is 0.139 e. The quantitative estimate of drug-likeness (QED) is 0.0941. The Morgan fingerprint density at radius 1 is 0.206 bits per heavy atom. The van der Waals surface area contributed by atoms with Crippen molar-refractivity contribution < 1.29 is 17.7 Å². The predicted octanol–water partition coefficient (Wildman–Crippen LogP) is 32.2. The van der Waals surface area contributed by atoms with Crippen LogP contribution in [-0.2, 0) is 21.7 Å². The first-order chi connectivity index (χ1) is 60.8. The Labute approximate surface area is 739 Å². The monoisotopic (exact) mass is 1670 g/mol. The maximum absolute atomic E-state index is 7.20. The lowest BCUT2D eigenvalue weighted by Gasteiger charge is -2.31. The number of fused-ring (bicyclic) bond motifs is 20. The summed E-state index contributed by atoms with van der Waals surface area (Å²) in [5.41, 5.74) is 32.9. The number of para-hydroxylation sites is 6. The van der Waals surface area contributed by atoms with Crippen molar-refractivity contribution in [3.8, 4) is 56.4 Å². The van der Waals surface area contributed by atoms with Crippen molar-refractivity contribution >= 4 is 139 Å². The Morgan fingerprint density at radius 2 is 0.468 bits per heavy atom. The molecule has 0 spiro atoms. The van der Waals surface area contributed by atoms with Crippen LogP contribution in [0.5, 0.6) is 0 Å². The van der Waals surface area contributed by atoms with Gasteiger partial charge in [-0.2, -0.15) is 0 Å². The Kier molecular flexibility index (Phi) is 17.9. The van der Waals surface area contributed by atoms with Crippen molar-refractivity contribution in [2.75, 3.05) is 19.6 Å². The van der Waals surface area contributed by atoms with E-state index in [9.17, 15) is 0 Å². The summed E-state index contributed by atoms with van der Waals surface area (Å²) in [7, 11) is -2.91. The Balaban J connectivity index is 0.000000150. The van der Waals surface area contributed by atoms with Gasteiger partial charge in [-0.15, -0.1) is 0 Å². The molecule has 23 rings (SSSR count). The van der Waals surface area contributed by atoms with Gasteiger partial charge in [0.1, 0.15) is 45.4 Å². The molecule has 19 aromatic rings. The molecule has 0 atom stereocenters. The summed E-state index contributed by atoms with van der Waals surface area (Å²) >= 11 is 0. The van der Waals surface area contributed by atoms with Crippen molar-refractivity contribution in [3.05, 3.63) is 396 Å². The van der Waals surface area contributed by atoms with E-state index in [1.54, 1.807) is 0 Å². The SMILES string of the molecule is CC1(C)c2cc(N(c3ccccc3)c3ccc([Si](C)(C)C)cc3)ccc2-c2oc3c(c21)C(C)(C)c1cc(N(c2ccc4c(c2)oc2ccccc24)c2ccccc2-c2ccccc2)ccc1-3.CC1(C)c2cc(N(c3ccccc3)c3ccc([Si](C)(C)C)cc3)ccc2-c2oc3c(c21)C(C)(C)c1cc(N(c2ccccc2)c2ccc4c(c2)oc2ccccc24)ccc1-3. The molecule has 0 unspecified atom stereocenters. The highest BCUT2D eigenvalue weighted by molar-refractivity contribution is 6.89. The first-order valence-electron chi connectivity index (χ1n) is 44.3. The number of hydrogen-bond acceptors (Lipinski definition) is 8. The summed E-state index contributed by atoms with van der Waals surface area (Å²) < 4.78 is 27.2. The summed E-state index contributed by atoms with van der Waals surface area (Å²) in [6.45, 7) is 33.5. The van der Waals surface area contributed by atoms with Gasteiger partial charge in [-0.25, -0.2) is 0 Å². The van der Waals surface area contributed by atoms with Crippen molar-refractivity contribution in [1.29, 1.82) is 0 Å². The molecule has 616 valence electrons. The maximum atomic E-state index is 7.20. The number of nitrogens with zero attached hydrogens (tertiary/aromatic N) is 4. The number of benzene rings is 15. The van der Waals surface area contributed by atoms with Crippen molar-refractivity contribution in [3.63, 3.8) is 0 Å². The molecular formula is C116H100N4O4Si2. The second-order valence-corrected chi connectivity index (χ2v) is 49.0. The van der Waals surface area contributed by atoms with Gasteiger partial charge < -0.3 is 37.3 Å². The standard InChI is InChI=1S/C61H52N2O2Si.C55H48N2O2Si/c1-60(2)51-36-42(62(40-20-12-9-13-21-40)41-26-31-45(32-27-41)66(5,6)7)29-34-49(51)58-56(60)57-59(65-58)50-35-30-43(37-52(50)61(57,3)4)63(53-24-16-14-22-46(53)39-18-10-8-11-19-39)44-28-33-48-47-23-15-17-25-54(47)64-55(48)38-44;1-54(2)46-32-38(56(35-16-10-8-11-17-35)37-22-27-41(28-23-37)60(5,6)7)25-30-44(46)52-50(54)51-53(59-52)45-31-26-39(33-47(45)55(51,3)4)57(36-18-12-9-13-19-36)40-24-29-43-42-20-14-15-21-48(42)58-49(43)34-40/h8-38H,1-7H3;8-34H,1-7H3. The second kappa shape index (κ2) is 28.8. The molecule has 0 radical (unpaired) electrons. The van der Waals surface area contributed by atoms with E-state index in [-0.39, 0.29) is 21.7 Å².